The Hall–Kier alpha value is -2.97. The molecule has 4 aliphatic rings. The molecule has 0 aliphatic carbocycles. The monoisotopic (exact) mass is 522 g/mol. The highest BCUT2D eigenvalue weighted by molar-refractivity contribution is 6.06. The highest BCUT2D eigenvalue weighted by atomic mass is 16.6. The molecule has 0 saturated carbocycles. The number of rotatable bonds is 8. The van der Waals surface area contributed by atoms with E-state index in [0.29, 0.717) is 32.4 Å². The Morgan fingerprint density at radius 1 is 1.00 bits per heavy atom. The number of aliphatic hydroxyl groups excluding tert-OH is 1. The molecular formula is C30H38N2O6. The number of anilines is 1. The van der Waals surface area contributed by atoms with E-state index in [2.05, 4.69) is 0 Å². The maximum Gasteiger partial charge on any atom is 0.313 e. The van der Waals surface area contributed by atoms with Crippen molar-refractivity contribution in [3.8, 4) is 0 Å². The minimum Gasteiger partial charge on any atom is -0.461 e. The second-order valence-electron chi connectivity index (χ2n) is 11.0. The SMILES string of the molecule is CC[C@]12C=CCOC(=O)[C@H]1[C@H]1C(=O)N(CCCCCCO)C3C(=O)N(c4cc(C)ccc4C)CC=C[C@@]31O2. The van der Waals surface area contributed by atoms with Gasteiger partial charge in [-0.2, -0.15) is 0 Å². The first kappa shape index (κ1) is 26.6. The Morgan fingerprint density at radius 3 is 2.55 bits per heavy atom. The van der Waals surface area contributed by atoms with Gasteiger partial charge in [0.15, 0.2) is 0 Å². The van der Waals surface area contributed by atoms with Crippen LogP contribution in [-0.4, -0.2) is 71.3 Å². The number of fused-ring (bicyclic) bond motifs is 2. The van der Waals surface area contributed by atoms with E-state index in [1.54, 1.807) is 15.9 Å². The second kappa shape index (κ2) is 10.3. The molecule has 1 aromatic rings. The lowest BCUT2D eigenvalue weighted by Gasteiger charge is -2.38. The molecule has 0 bridgehead atoms. The number of aryl methyl sites for hydroxylation is 2. The Bertz CT molecular complexity index is 1180. The molecule has 4 heterocycles. The van der Waals surface area contributed by atoms with E-state index in [9.17, 15) is 14.4 Å². The van der Waals surface area contributed by atoms with E-state index in [1.165, 1.54) is 0 Å². The van der Waals surface area contributed by atoms with Crippen LogP contribution in [-0.2, 0) is 23.9 Å². The average Bonchev–Trinajstić information content (AvgIpc) is 3.17. The number of likely N-dealkylation sites (tertiary alicyclic amines) is 1. The van der Waals surface area contributed by atoms with Crippen molar-refractivity contribution in [1.82, 2.24) is 4.90 Å². The van der Waals surface area contributed by atoms with E-state index in [-0.39, 0.29) is 25.0 Å². The Balaban J connectivity index is 1.60. The van der Waals surface area contributed by atoms with Crippen LogP contribution in [0.2, 0.25) is 0 Å². The van der Waals surface area contributed by atoms with Crippen LogP contribution >= 0.6 is 0 Å². The molecule has 8 heteroatoms. The third kappa shape index (κ3) is 4.09. The summed E-state index contributed by atoms with van der Waals surface area (Å²) in [6, 6.07) is 5.12. The molecule has 1 unspecified atom stereocenters. The van der Waals surface area contributed by atoms with Gasteiger partial charge in [0.1, 0.15) is 29.8 Å². The quantitative estimate of drug-likeness (QED) is 0.320. The Morgan fingerprint density at radius 2 is 1.79 bits per heavy atom. The molecule has 5 rings (SSSR count). The van der Waals surface area contributed by atoms with E-state index < -0.39 is 35.0 Å². The number of esters is 1. The van der Waals surface area contributed by atoms with Gasteiger partial charge in [-0.25, -0.2) is 0 Å². The van der Waals surface area contributed by atoms with E-state index >= 15 is 0 Å². The van der Waals surface area contributed by atoms with Crippen LogP contribution in [0.3, 0.4) is 0 Å². The van der Waals surface area contributed by atoms with Gasteiger partial charge in [0, 0.05) is 25.4 Å². The normalized spacial score (nSPS) is 32.1. The number of carbonyl (C=O) groups is 3. The molecule has 4 aliphatic heterocycles. The van der Waals surface area contributed by atoms with Crippen molar-refractivity contribution in [1.29, 1.82) is 0 Å². The van der Waals surface area contributed by atoms with Crippen molar-refractivity contribution in [2.75, 3.05) is 31.2 Å². The highest BCUT2D eigenvalue weighted by Gasteiger charge is 2.75. The predicted octanol–water partition coefficient (Wildman–Crippen LogP) is 3.23. The fraction of sp³-hybridized carbons (Fsp3) is 0.567. The summed E-state index contributed by atoms with van der Waals surface area (Å²) in [5.74, 6) is -2.56. The number of aliphatic hydroxyl groups is 1. The molecule has 38 heavy (non-hydrogen) atoms. The smallest absolute Gasteiger partial charge is 0.313 e. The van der Waals surface area contributed by atoms with Crippen molar-refractivity contribution in [2.45, 2.75) is 70.1 Å². The van der Waals surface area contributed by atoms with Crippen LogP contribution in [0.4, 0.5) is 5.69 Å². The lowest BCUT2D eigenvalue weighted by Crippen LogP contribution is -2.56. The number of hydrogen-bond acceptors (Lipinski definition) is 6. The molecule has 5 atom stereocenters. The average molecular weight is 523 g/mol. The minimum absolute atomic E-state index is 0.134. The summed E-state index contributed by atoms with van der Waals surface area (Å²) in [4.78, 5) is 45.5. The summed E-state index contributed by atoms with van der Waals surface area (Å²) in [5, 5.41) is 9.14. The summed E-state index contributed by atoms with van der Waals surface area (Å²) in [6.07, 6.45) is 11.0. The molecule has 1 spiro atoms. The van der Waals surface area contributed by atoms with Crippen molar-refractivity contribution < 1.29 is 29.0 Å². The van der Waals surface area contributed by atoms with Crippen molar-refractivity contribution in [3.05, 3.63) is 53.6 Å². The molecule has 8 nitrogen and oxygen atoms in total. The molecule has 1 N–H and O–H groups in total. The summed E-state index contributed by atoms with van der Waals surface area (Å²) < 4.78 is 12.4. The summed E-state index contributed by atoms with van der Waals surface area (Å²) in [6.45, 7) is 6.92. The highest BCUT2D eigenvalue weighted by Crippen LogP contribution is 2.58. The number of unbranched alkanes of at least 4 members (excludes halogenated alkanes) is 3. The summed E-state index contributed by atoms with van der Waals surface area (Å²) in [7, 11) is 0. The van der Waals surface area contributed by atoms with Crippen molar-refractivity contribution in [3.63, 3.8) is 0 Å². The number of amides is 2. The molecule has 0 radical (unpaired) electrons. The van der Waals surface area contributed by atoms with Gasteiger partial charge in [-0.05, 0) is 56.4 Å². The van der Waals surface area contributed by atoms with Crippen LogP contribution in [0.1, 0.15) is 50.2 Å². The third-order valence-corrected chi connectivity index (χ3v) is 8.66. The number of nitrogens with zero attached hydrogens (tertiary/aromatic N) is 2. The van der Waals surface area contributed by atoms with Gasteiger partial charge in [-0.15, -0.1) is 0 Å². The fourth-order valence-corrected chi connectivity index (χ4v) is 6.81. The van der Waals surface area contributed by atoms with Gasteiger partial charge in [-0.3, -0.25) is 14.4 Å². The summed E-state index contributed by atoms with van der Waals surface area (Å²) >= 11 is 0. The van der Waals surface area contributed by atoms with Gasteiger partial charge < -0.3 is 24.4 Å². The molecule has 0 aromatic heterocycles. The molecule has 204 valence electrons. The van der Waals surface area contributed by atoms with Crippen molar-refractivity contribution in [2.24, 2.45) is 11.8 Å². The van der Waals surface area contributed by atoms with E-state index in [4.69, 9.17) is 14.6 Å². The molecule has 2 fully saturated rings. The van der Waals surface area contributed by atoms with Crippen LogP contribution in [0.5, 0.6) is 0 Å². The van der Waals surface area contributed by atoms with Gasteiger partial charge in [-0.1, -0.05) is 50.1 Å². The zero-order chi connectivity index (χ0) is 27.1. The minimum atomic E-state index is -1.27. The lowest BCUT2D eigenvalue weighted by molar-refractivity contribution is -0.157. The topological polar surface area (TPSA) is 96.4 Å². The van der Waals surface area contributed by atoms with Gasteiger partial charge in [0.2, 0.25) is 5.91 Å². The predicted molar refractivity (Wildman–Crippen MR) is 142 cm³/mol. The standard InChI is InChI=1S/C30H38N2O6/c1-4-29-13-10-18-37-28(36)24(29)23-26(34)32(15-7-5-6-8-17-33)25-27(35)31(16-9-14-30(23,25)38-29)22-19-20(2)11-12-21(22)3/h9-14,19,23-25,33H,4-8,15-18H2,1-3H3/t23-,24+,25?,29-,30-/m0/s1. The van der Waals surface area contributed by atoms with Crippen molar-refractivity contribution >= 4 is 23.5 Å². The van der Waals surface area contributed by atoms with Gasteiger partial charge in [0.25, 0.3) is 5.91 Å². The number of benzene rings is 1. The zero-order valence-electron chi connectivity index (χ0n) is 22.5. The summed E-state index contributed by atoms with van der Waals surface area (Å²) in [5.41, 5.74) is 0.538. The molecule has 1 aromatic carbocycles. The first-order chi connectivity index (χ1) is 18.3. The fourth-order valence-electron chi connectivity index (χ4n) is 6.81. The van der Waals surface area contributed by atoms with Gasteiger partial charge in [0.05, 0.1) is 5.92 Å². The zero-order valence-corrected chi connectivity index (χ0v) is 22.5. The first-order valence-electron chi connectivity index (χ1n) is 13.8. The van der Waals surface area contributed by atoms with Crippen LogP contribution in [0.25, 0.3) is 0 Å². The van der Waals surface area contributed by atoms with E-state index in [0.717, 1.165) is 29.7 Å². The number of ether oxygens (including phenoxy) is 2. The first-order valence-corrected chi connectivity index (χ1v) is 13.8. The Kier molecular flexibility index (Phi) is 7.22. The van der Waals surface area contributed by atoms with Crippen LogP contribution in [0.15, 0.2) is 42.5 Å². The lowest BCUT2D eigenvalue weighted by atomic mass is 9.73. The molecular weight excluding hydrogens is 484 g/mol. The van der Waals surface area contributed by atoms with E-state index in [1.807, 2.05) is 57.2 Å². The van der Waals surface area contributed by atoms with Crippen LogP contribution in [0, 0.1) is 25.7 Å². The Labute approximate surface area is 224 Å². The number of carbonyl (C=O) groups excluding carboxylic acids is 3. The largest absolute Gasteiger partial charge is 0.461 e. The van der Waals surface area contributed by atoms with Crippen LogP contribution < -0.4 is 4.90 Å². The molecule has 2 saturated heterocycles. The third-order valence-electron chi connectivity index (χ3n) is 8.66. The van der Waals surface area contributed by atoms with Gasteiger partial charge >= 0.3 is 5.97 Å². The number of hydrogen-bond donors (Lipinski definition) is 1. The maximum absolute atomic E-state index is 14.5. The maximum atomic E-state index is 14.5. The molecule has 2 amide bonds. The second-order valence-corrected chi connectivity index (χ2v) is 11.0. The number of cyclic esters (lactones) is 1.